The lowest BCUT2D eigenvalue weighted by molar-refractivity contribution is -0.140. The first-order valence-electron chi connectivity index (χ1n) is 10.1. The number of hydrogen-bond acceptors (Lipinski definition) is 8. The van der Waals surface area contributed by atoms with Crippen molar-refractivity contribution in [1.29, 1.82) is 0 Å². The van der Waals surface area contributed by atoms with Crippen LogP contribution in [0.25, 0.3) is 0 Å². The van der Waals surface area contributed by atoms with Crippen LogP contribution in [0.1, 0.15) is 24.0 Å². The number of carbonyl (C=O) groups excluding carboxylic acids is 2. The quantitative estimate of drug-likeness (QED) is 0.581. The van der Waals surface area contributed by atoms with E-state index in [2.05, 4.69) is 0 Å². The lowest BCUT2D eigenvalue weighted by Crippen LogP contribution is -2.25. The molecule has 4 atom stereocenters. The Morgan fingerprint density at radius 2 is 1.16 bits per heavy atom. The lowest BCUT2D eigenvalue weighted by atomic mass is 10.0. The molecular weight excluding hydrogens is 456 g/mol. The van der Waals surface area contributed by atoms with Gasteiger partial charge in [-0.1, -0.05) is 35.4 Å². The molecule has 32 heavy (non-hydrogen) atoms. The van der Waals surface area contributed by atoms with Gasteiger partial charge < -0.3 is 8.37 Å². The molecule has 2 aromatic rings. The molecule has 0 spiro atoms. The minimum Gasteiger partial charge on any atom is -0.342 e. The van der Waals surface area contributed by atoms with E-state index in [1.54, 1.807) is 38.1 Å². The fourth-order valence-corrected chi connectivity index (χ4v) is 6.13. The highest BCUT2D eigenvalue weighted by molar-refractivity contribution is 7.87. The van der Waals surface area contributed by atoms with Crippen molar-refractivity contribution in [1.82, 2.24) is 0 Å². The van der Waals surface area contributed by atoms with Crippen molar-refractivity contribution in [2.75, 3.05) is 0 Å². The van der Waals surface area contributed by atoms with Gasteiger partial charge in [-0.2, -0.15) is 16.8 Å². The van der Waals surface area contributed by atoms with E-state index >= 15 is 0 Å². The van der Waals surface area contributed by atoms with E-state index in [1.165, 1.54) is 24.3 Å². The van der Waals surface area contributed by atoms with Crippen LogP contribution >= 0.6 is 0 Å². The van der Waals surface area contributed by atoms with Crippen molar-refractivity contribution in [3.05, 3.63) is 59.7 Å². The Hall–Kier alpha value is -2.72. The number of fused-ring (bicyclic) bond motifs is 1. The molecule has 0 amide bonds. The highest BCUT2D eigenvalue weighted by atomic mass is 32.2. The largest absolute Gasteiger partial charge is 0.342 e. The third kappa shape index (κ3) is 4.29. The zero-order chi connectivity index (χ0) is 23.3. The maximum Gasteiger partial charge on any atom is 0.341 e. The molecular formula is C22H22O8S2. The highest BCUT2D eigenvalue weighted by Gasteiger charge is 2.65. The summed E-state index contributed by atoms with van der Waals surface area (Å²) in [6.45, 7) is 3.60. The van der Waals surface area contributed by atoms with Gasteiger partial charge in [0.05, 0.1) is 11.8 Å². The van der Waals surface area contributed by atoms with Crippen LogP contribution in [0.5, 0.6) is 0 Å². The molecule has 10 heteroatoms. The summed E-state index contributed by atoms with van der Waals surface area (Å²) in [7, 11) is -8.57. The van der Waals surface area contributed by atoms with Crippen LogP contribution < -0.4 is 0 Å². The molecule has 0 radical (unpaired) electrons. The summed E-state index contributed by atoms with van der Waals surface area (Å²) in [6, 6.07) is 11.8. The van der Waals surface area contributed by atoms with E-state index in [1.807, 2.05) is 0 Å². The topological polar surface area (TPSA) is 121 Å². The fraction of sp³-hybridized carbons (Fsp3) is 0.364. The maximum absolute atomic E-state index is 12.6. The zero-order valence-electron chi connectivity index (χ0n) is 17.4. The van der Waals surface area contributed by atoms with Crippen LogP contribution in [0.4, 0.5) is 0 Å². The molecule has 0 saturated heterocycles. The van der Waals surface area contributed by atoms with Crippen LogP contribution in [0, 0.1) is 37.5 Å². The number of benzene rings is 2. The Balaban J connectivity index is 1.42. The van der Waals surface area contributed by atoms with Crippen molar-refractivity contribution >= 4 is 32.2 Å². The van der Waals surface area contributed by atoms with E-state index in [0.717, 1.165) is 11.1 Å². The highest BCUT2D eigenvalue weighted by Crippen LogP contribution is 2.61. The molecule has 4 rings (SSSR count). The van der Waals surface area contributed by atoms with Gasteiger partial charge >= 0.3 is 32.2 Å². The number of rotatable bonds is 6. The van der Waals surface area contributed by atoms with Crippen molar-refractivity contribution in [2.24, 2.45) is 23.7 Å². The van der Waals surface area contributed by atoms with Gasteiger partial charge in [0.15, 0.2) is 0 Å². The monoisotopic (exact) mass is 478 g/mol. The average Bonchev–Trinajstić information content (AvgIpc) is 3.27. The first-order valence-corrected chi connectivity index (χ1v) is 12.9. The van der Waals surface area contributed by atoms with E-state index in [4.69, 9.17) is 8.37 Å². The van der Waals surface area contributed by atoms with Crippen LogP contribution in [0.15, 0.2) is 58.3 Å². The summed E-state index contributed by atoms with van der Waals surface area (Å²) in [6.07, 6.45) is 0.853. The average molecular weight is 479 g/mol. The van der Waals surface area contributed by atoms with E-state index < -0.39 is 49.9 Å². The van der Waals surface area contributed by atoms with Crippen LogP contribution in [0.2, 0.25) is 0 Å². The molecule has 8 nitrogen and oxygen atoms in total. The van der Waals surface area contributed by atoms with Gasteiger partial charge in [0.25, 0.3) is 0 Å². The van der Waals surface area contributed by atoms with Gasteiger partial charge in [-0.25, -0.2) is 0 Å². The van der Waals surface area contributed by atoms with Gasteiger partial charge in [0, 0.05) is 0 Å². The summed E-state index contributed by atoms with van der Waals surface area (Å²) in [5.74, 6) is -4.16. The summed E-state index contributed by atoms with van der Waals surface area (Å²) >= 11 is 0. The molecule has 2 aromatic carbocycles. The molecule has 0 aliphatic heterocycles. The summed E-state index contributed by atoms with van der Waals surface area (Å²) in [5.41, 5.74) is 1.71. The third-order valence-corrected chi connectivity index (χ3v) is 8.55. The SMILES string of the molecule is Cc1ccc(S(=O)(=O)OC(=O)C2CCC3C(C(=O)OS(=O)(=O)c4ccc(C)cc4)C23)cc1. The third-order valence-electron chi connectivity index (χ3n) is 6.08. The lowest BCUT2D eigenvalue weighted by Gasteiger charge is -2.13. The Morgan fingerprint density at radius 1 is 0.719 bits per heavy atom. The van der Waals surface area contributed by atoms with Crippen molar-refractivity contribution in [3.8, 4) is 0 Å². The standard InChI is InChI=1S/C22H22O8S2/c1-13-3-7-15(8-4-13)31(25,26)29-21(23)18-12-11-17-19(18)20(17)22(24)30-32(27,28)16-9-5-14(2)6-10-16/h3-10,17-20H,11-12H2,1-2H3. The molecule has 0 N–H and O–H groups in total. The fourth-order valence-electron chi connectivity index (χ4n) is 4.33. The van der Waals surface area contributed by atoms with Crippen molar-refractivity contribution in [2.45, 2.75) is 36.5 Å². The van der Waals surface area contributed by atoms with E-state index in [-0.39, 0.29) is 15.7 Å². The number of hydrogen-bond donors (Lipinski definition) is 0. The van der Waals surface area contributed by atoms with Gasteiger partial charge in [-0.05, 0) is 62.8 Å². The molecule has 170 valence electrons. The second-order valence-corrected chi connectivity index (χ2v) is 11.4. The first-order chi connectivity index (χ1) is 15.0. The Labute approximate surface area is 186 Å². The second kappa shape index (κ2) is 8.00. The van der Waals surface area contributed by atoms with E-state index in [0.29, 0.717) is 12.8 Å². The molecule has 0 bridgehead atoms. The van der Waals surface area contributed by atoms with Crippen molar-refractivity contribution in [3.63, 3.8) is 0 Å². The van der Waals surface area contributed by atoms with Gasteiger partial charge in [0.2, 0.25) is 0 Å². The Kier molecular flexibility index (Phi) is 5.62. The van der Waals surface area contributed by atoms with Gasteiger partial charge in [-0.3, -0.25) is 9.59 Å². The molecule has 2 fully saturated rings. The molecule has 2 aliphatic carbocycles. The Morgan fingerprint density at radius 3 is 1.62 bits per heavy atom. The summed E-state index contributed by atoms with van der Waals surface area (Å²) < 4.78 is 59.2. The van der Waals surface area contributed by atoms with E-state index in [9.17, 15) is 26.4 Å². The van der Waals surface area contributed by atoms with Crippen LogP contribution in [-0.4, -0.2) is 28.8 Å². The zero-order valence-corrected chi connectivity index (χ0v) is 19.1. The summed E-state index contributed by atoms with van der Waals surface area (Å²) in [4.78, 5) is 24.8. The molecule has 4 unspecified atom stereocenters. The predicted octanol–water partition coefficient (Wildman–Crippen LogP) is 2.74. The molecule has 0 aromatic heterocycles. The van der Waals surface area contributed by atoms with Crippen molar-refractivity contribution < 1.29 is 34.8 Å². The predicted molar refractivity (Wildman–Crippen MR) is 112 cm³/mol. The molecule has 2 aliphatic rings. The van der Waals surface area contributed by atoms with Crippen LogP contribution in [0.3, 0.4) is 0 Å². The molecule has 0 heterocycles. The number of aryl methyl sites for hydroxylation is 2. The Bertz CT molecular complexity index is 1260. The number of carbonyl (C=O) groups is 2. The minimum atomic E-state index is -4.29. The molecule has 2 saturated carbocycles. The summed E-state index contributed by atoms with van der Waals surface area (Å²) in [5, 5.41) is 0. The maximum atomic E-state index is 12.6. The first kappa shape index (κ1) is 22.5. The van der Waals surface area contributed by atoms with Gasteiger partial charge in [0.1, 0.15) is 9.79 Å². The minimum absolute atomic E-state index is 0.137. The second-order valence-electron chi connectivity index (χ2n) is 8.29. The normalized spacial score (nSPS) is 24.4. The smallest absolute Gasteiger partial charge is 0.341 e. The van der Waals surface area contributed by atoms with Crippen LogP contribution in [-0.2, 0) is 38.2 Å². The van der Waals surface area contributed by atoms with Gasteiger partial charge in [-0.15, -0.1) is 0 Å².